The van der Waals surface area contributed by atoms with E-state index in [-0.39, 0.29) is 11.8 Å². The third kappa shape index (κ3) is 14.8. The van der Waals surface area contributed by atoms with Crippen LogP contribution in [-0.4, -0.2) is 59.9 Å². The van der Waals surface area contributed by atoms with Gasteiger partial charge in [0.25, 0.3) is 0 Å². The Labute approximate surface area is 279 Å². The molecule has 0 aliphatic carbocycles. The van der Waals surface area contributed by atoms with Crippen molar-refractivity contribution in [2.75, 3.05) is 26.2 Å². The van der Waals surface area contributed by atoms with Crippen molar-refractivity contribution < 1.29 is 9.59 Å². The van der Waals surface area contributed by atoms with Crippen LogP contribution in [0, 0.1) is 0 Å². The van der Waals surface area contributed by atoms with Gasteiger partial charge in [-0.1, -0.05) is 114 Å². The van der Waals surface area contributed by atoms with E-state index in [1.54, 1.807) is 0 Å². The lowest BCUT2D eigenvalue weighted by Crippen LogP contribution is -2.43. The molecule has 8 N–H and O–H groups in total. The Morgan fingerprint density at radius 2 is 0.913 bits per heavy atom. The van der Waals surface area contributed by atoms with Crippen molar-refractivity contribution in [3.8, 4) is 11.1 Å². The maximum atomic E-state index is 13.3. The van der Waals surface area contributed by atoms with Crippen LogP contribution in [0.1, 0.15) is 115 Å². The standard InChI is InChI=1S/C38H64N6O2/c1-3-5-7-13-27-43(37(45)35(41)15-9-11-25-39)29-31-17-21-33(22-18-31)34-23-19-32(20-24-34)30-44(28-14-8-6-4-2)38(46)36(42)16-10-12-26-40/h17-24,35-36H,3-16,25-30,39-42H2,1-2H3/t35-,36-/m0/s1. The number of unbranched alkanes of at least 4 members (excludes halogenated alkanes) is 8. The van der Waals surface area contributed by atoms with Gasteiger partial charge in [-0.2, -0.15) is 0 Å². The van der Waals surface area contributed by atoms with Gasteiger partial charge in [-0.25, -0.2) is 0 Å². The number of hydrogen-bond donors (Lipinski definition) is 4. The molecular formula is C38H64N6O2. The Kier molecular flexibility index (Phi) is 20.1. The number of nitrogens with zero attached hydrogens (tertiary/aromatic N) is 2. The second-order valence-corrected chi connectivity index (χ2v) is 12.8. The molecule has 0 spiro atoms. The summed E-state index contributed by atoms with van der Waals surface area (Å²) in [5.74, 6) is 0.0604. The fourth-order valence-electron chi connectivity index (χ4n) is 5.77. The molecule has 0 radical (unpaired) electrons. The average molecular weight is 637 g/mol. The number of rotatable bonds is 25. The van der Waals surface area contributed by atoms with E-state index in [4.69, 9.17) is 22.9 Å². The highest BCUT2D eigenvalue weighted by molar-refractivity contribution is 5.82. The number of benzene rings is 2. The van der Waals surface area contributed by atoms with Gasteiger partial charge in [0, 0.05) is 26.2 Å². The zero-order valence-corrected chi connectivity index (χ0v) is 28.9. The molecule has 2 rings (SSSR count). The minimum atomic E-state index is -0.482. The number of hydrogen-bond acceptors (Lipinski definition) is 6. The second kappa shape index (κ2) is 23.5. The first kappa shape index (κ1) is 39.4. The van der Waals surface area contributed by atoms with Gasteiger partial charge in [0.2, 0.25) is 11.8 Å². The summed E-state index contributed by atoms with van der Waals surface area (Å²) in [6.45, 7) is 8.21. The highest BCUT2D eigenvalue weighted by Gasteiger charge is 2.22. The van der Waals surface area contributed by atoms with Crippen molar-refractivity contribution in [1.82, 2.24) is 9.80 Å². The Morgan fingerprint density at radius 1 is 0.543 bits per heavy atom. The molecule has 0 saturated heterocycles. The molecule has 0 fully saturated rings. The van der Waals surface area contributed by atoms with Gasteiger partial charge in [0.1, 0.15) is 0 Å². The summed E-state index contributed by atoms with van der Waals surface area (Å²) in [5, 5.41) is 0. The van der Waals surface area contributed by atoms with Gasteiger partial charge in [-0.3, -0.25) is 9.59 Å². The van der Waals surface area contributed by atoms with Crippen molar-refractivity contribution in [2.45, 2.75) is 129 Å². The first-order chi connectivity index (χ1) is 22.3. The summed E-state index contributed by atoms with van der Waals surface area (Å²) in [6.07, 6.45) is 13.7. The van der Waals surface area contributed by atoms with E-state index < -0.39 is 12.1 Å². The molecular weight excluding hydrogens is 572 g/mol. The zero-order valence-electron chi connectivity index (χ0n) is 28.9. The second-order valence-electron chi connectivity index (χ2n) is 12.8. The number of nitrogens with two attached hydrogens (primary N) is 4. The van der Waals surface area contributed by atoms with Crippen molar-refractivity contribution in [3.05, 3.63) is 59.7 Å². The van der Waals surface area contributed by atoms with Crippen molar-refractivity contribution in [2.24, 2.45) is 22.9 Å². The summed E-state index contributed by atoms with van der Waals surface area (Å²) in [5.41, 5.74) is 28.3. The van der Waals surface area contributed by atoms with Crippen molar-refractivity contribution in [1.29, 1.82) is 0 Å². The Hall–Kier alpha value is -2.78. The normalized spacial score (nSPS) is 12.6. The van der Waals surface area contributed by atoms with E-state index in [0.29, 0.717) is 39.0 Å². The van der Waals surface area contributed by atoms with Gasteiger partial charge in [0.05, 0.1) is 12.1 Å². The summed E-state index contributed by atoms with van der Waals surface area (Å²) in [6, 6.07) is 16.0. The fourth-order valence-corrected chi connectivity index (χ4v) is 5.77. The third-order valence-electron chi connectivity index (χ3n) is 8.75. The summed E-state index contributed by atoms with van der Waals surface area (Å²) >= 11 is 0. The molecule has 46 heavy (non-hydrogen) atoms. The van der Waals surface area contributed by atoms with Crippen LogP contribution >= 0.6 is 0 Å². The molecule has 8 nitrogen and oxygen atoms in total. The molecule has 2 atom stereocenters. The lowest BCUT2D eigenvalue weighted by Gasteiger charge is -2.26. The number of carbonyl (C=O) groups excluding carboxylic acids is 2. The van der Waals surface area contributed by atoms with Gasteiger partial charge >= 0.3 is 0 Å². The lowest BCUT2D eigenvalue weighted by molar-refractivity contribution is -0.134. The monoisotopic (exact) mass is 637 g/mol. The van der Waals surface area contributed by atoms with E-state index in [2.05, 4.69) is 62.4 Å². The van der Waals surface area contributed by atoms with E-state index in [9.17, 15) is 9.59 Å². The van der Waals surface area contributed by atoms with Crippen LogP contribution in [0.3, 0.4) is 0 Å². The minimum absolute atomic E-state index is 0.0302. The first-order valence-electron chi connectivity index (χ1n) is 18.0. The van der Waals surface area contributed by atoms with E-state index >= 15 is 0 Å². The average Bonchev–Trinajstić information content (AvgIpc) is 3.07. The van der Waals surface area contributed by atoms with Crippen LogP contribution < -0.4 is 22.9 Å². The Morgan fingerprint density at radius 3 is 1.24 bits per heavy atom. The third-order valence-corrected chi connectivity index (χ3v) is 8.75. The molecule has 2 amide bonds. The zero-order chi connectivity index (χ0) is 33.6. The highest BCUT2D eigenvalue weighted by atomic mass is 16.2. The van der Waals surface area contributed by atoms with Gasteiger partial charge < -0.3 is 32.7 Å². The SMILES string of the molecule is CCCCCCN(Cc1ccc(-c2ccc(CN(CCCCCC)C(=O)[C@@H](N)CCCCN)cc2)cc1)C(=O)[C@@H](N)CCCCN. The van der Waals surface area contributed by atoms with Crippen LogP contribution in [0.15, 0.2) is 48.5 Å². The molecule has 2 aromatic carbocycles. The molecule has 0 bridgehead atoms. The molecule has 0 unspecified atom stereocenters. The molecule has 8 heteroatoms. The Bertz CT molecular complexity index is 1000. The van der Waals surface area contributed by atoms with Crippen molar-refractivity contribution in [3.63, 3.8) is 0 Å². The Balaban J connectivity index is 2.08. The number of amides is 2. The highest BCUT2D eigenvalue weighted by Crippen LogP contribution is 2.22. The smallest absolute Gasteiger partial charge is 0.239 e. The summed E-state index contributed by atoms with van der Waals surface area (Å²) in [4.78, 5) is 30.4. The summed E-state index contributed by atoms with van der Waals surface area (Å²) < 4.78 is 0. The number of carbonyl (C=O) groups is 2. The minimum Gasteiger partial charge on any atom is -0.337 e. The molecule has 258 valence electrons. The summed E-state index contributed by atoms with van der Waals surface area (Å²) in [7, 11) is 0. The predicted octanol–water partition coefficient (Wildman–Crippen LogP) is 6.08. The van der Waals surface area contributed by atoms with Crippen molar-refractivity contribution >= 4 is 11.8 Å². The molecule has 2 aromatic rings. The fraction of sp³-hybridized carbons (Fsp3) is 0.632. The van der Waals surface area contributed by atoms with Gasteiger partial charge in [0.15, 0.2) is 0 Å². The molecule has 0 saturated carbocycles. The van der Waals surface area contributed by atoms with Crippen LogP contribution in [0.4, 0.5) is 0 Å². The maximum absolute atomic E-state index is 13.3. The van der Waals surface area contributed by atoms with E-state index in [1.165, 1.54) is 12.8 Å². The largest absolute Gasteiger partial charge is 0.337 e. The predicted molar refractivity (Wildman–Crippen MR) is 193 cm³/mol. The van der Waals surface area contributed by atoms with E-state index in [1.807, 2.05) is 9.80 Å². The molecule has 0 aliphatic heterocycles. The molecule has 0 aliphatic rings. The molecule has 0 heterocycles. The topological polar surface area (TPSA) is 145 Å². The molecule has 0 aromatic heterocycles. The van der Waals surface area contributed by atoms with Crippen LogP contribution in [-0.2, 0) is 22.7 Å². The van der Waals surface area contributed by atoms with Gasteiger partial charge in [-0.15, -0.1) is 0 Å². The lowest BCUT2D eigenvalue weighted by atomic mass is 10.0. The van der Waals surface area contributed by atoms with Crippen LogP contribution in [0.5, 0.6) is 0 Å². The quantitative estimate of drug-likeness (QED) is 0.0972. The first-order valence-corrected chi connectivity index (χ1v) is 18.0. The van der Waals surface area contributed by atoms with Gasteiger partial charge in [-0.05, 0) is 73.9 Å². The van der Waals surface area contributed by atoms with Crippen LogP contribution in [0.25, 0.3) is 11.1 Å². The maximum Gasteiger partial charge on any atom is 0.239 e. The van der Waals surface area contributed by atoms with Crippen LogP contribution in [0.2, 0.25) is 0 Å². The van der Waals surface area contributed by atoms with E-state index in [0.717, 1.165) is 99.6 Å².